The number of fused-ring (bicyclic) bond motifs is 3. The van der Waals surface area contributed by atoms with E-state index < -0.39 is 0 Å². The molecule has 3 heterocycles. The normalized spacial score (nSPS) is 39.7. The van der Waals surface area contributed by atoms with Crippen molar-refractivity contribution in [3.8, 4) is 0 Å². The predicted molar refractivity (Wildman–Crippen MR) is 71.2 cm³/mol. The standard InChI is InChI=1S/C14H27N3/c1-12(13-4-2-3-5-13)15-10-14-11-16-6-8-17(14)9-7-16/h12-15H,2-11H2,1H3. The first-order chi connectivity index (χ1) is 8.33. The number of rotatable bonds is 4. The molecule has 2 unspecified atom stereocenters. The molecule has 4 aliphatic rings. The highest BCUT2D eigenvalue weighted by atomic mass is 15.3. The van der Waals surface area contributed by atoms with Gasteiger partial charge in [-0.25, -0.2) is 0 Å². The molecule has 1 aliphatic carbocycles. The molecule has 4 rings (SSSR count). The molecule has 0 aromatic carbocycles. The van der Waals surface area contributed by atoms with Crippen molar-refractivity contribution in [2.24, 2.45) is 5.92 Å². The summed E-state index contributed by atoms with van der Waals surface area (Å²) in [4.78, 5) is 5.32. The maximum atomic E-state index is 3.81. The van der Waals surface area contributed by atoms with Crippen molar-refractivity contribution >= 4 is 0 Å². The molecule has 3 heteroatoms. The van der Waals surface area contributed by atoms with Crippen LogP contribution in [-0.4, -0.2) is 61.2 Å². The van der Waals surface area contributed by atoms with Crippen molar-refractivity contribution in [3.63, 3.8) is 0 Å². The first-order valence-electron chi connectivity index (χ1n) is 7.53. The van der Waals surface area contributed by atoms with Crippen LogP contribution in [0.15, 0.2) is 0 Å². The zero-order chi connectivity index (χ0) is 11.7. The second kappa shape index (κ2) is 5.25. The summed E-state index contributed by atoms with van der Waals surface area (Å²) in [6.07, 6.45) is 5.82. The van der Waals surface area contributed by atoms with Gasteiger partial charge in [0.2, 0.25) is 0 Å². The second-order valence-electron chi connectivity index (χ2n) is 6.23. The molecule has 98 valence electrons. The molecule has 4 fully saturated rings. The molecule has 3 aliphatic heterocycles. The van der Waals surface area contributed by atoms with Gasteiger partial charge in [-0.1, -0.05) is 12.8 Å². The lowest BCUT2D eigenvalue weighted by Crippen LogP contribution is -2.63. The zero-order valence-corrected chi connectivity index (χ0v) is 11.2. The molecule has 17 heavy (non-hydrogen) atoms. The third kappa shape index (κ3) is 2.67. The van der Waals surface area contributed by atoms with Gasteiger partial charge in [0, 0.05) is 51.4 Å². The van der Waals surface area contributed by atoms with Gasteiger partial charge in [-0.2, -0.15) is 0 Å². The molecule has 1 N–H and O–H groups in total. The van der Waals surface area contributed by atoms with E-state index in [1.807, 2.05) is 0 Å². The lowest BCUT2D eigenvalue weighted by atomic mass is 9.99. The van der Waals surface area contributed by atoms with E-state index in [2.05, 4.69) is 22.0 Å². The number of hydrogen-bond donors (Lipinski definition) is 1. The van der Waals surface area contributed by atoms with Crippen LogP contribution in [0.2, 0.25) is 0 Å². The van der Waals surface area contributed by atoms with Gasteiger partial charge in [-0.3, -0.25) is 9.80 Å². The van der Waals surface area contributed by atoms with Gasteiger partial charge >= 0.3 is 0 Å². The van der Waals surface area contributed by atoms with E-state index >= 15 is 0 Å². The fourth-order valence-electron chi connectivity index (χ4n) is 3.86. The van der Waals surface area contributed by atoms with Crippen LogP contribution in [-0.2, 0) is 0 Å². The van der Waals surface area contributed by atoms with Crippen LogP contribution in [0.3, 0.4) is 0 Å². The third-order valence-electron chi connectivity index (χ3n) is 5.17. The van der Waals surface area contributed by atoms with Gasteiger partial charge < -0.3 is 5.32 Å². The van der Waals surface area contributed by atoms with Crippen LogP contribution in [0.1, 0.15) is 32.6 Å². The van der Waals surface area contributed by atoms with Gasteiger partial charge in [0.25, 0.3) is 0 Å². The van der Waals surface area contributed by atoms with Crippen LogP contribution < -0.4 is 5.32 Å². The minimum Gasteiger partial charge on any atom is -0.312 e. The Balaban J connectivity index is 1.44. The first kappa shape index (κ1) is 11.9. The van der Waals surface area contributed by atoms with Crippen molar-refractivity contribution in [2.45, 2.75) is 44.7 Å². The fourth-order valence-corrected chi connectivity index (χ4v) is 3.86. The SMILES string of the molecule is CC(NCC1CN2CCN1CC2)C1CCCC1. The van der Waals surface area contributed by atoms with Crippen LogP contribution >= 0.6 is 0 Å². The van der Waals surface area contributed by atoms with Gasteiger partial charge in [0.05, 0.1) is 0 Å². The molecule has 2 bridgehead atoms. The van der Waals surface area contributed by atoms with Gasteiger partial charge in [0.1, 0.15) is 0 Å². The number of nitrogens with one attached hydrogen (secondary N) is 1. The minimum atomic E-state index is 0.731. The van der Waals surface area contributed by atoms with Crippen molar-refractivity contribution in [2.75, 3.05) is 39.3 Å². The Morgan fingerprint density at radius 3 is 2.41 bits per heavy atom. The van der Waals surface area contributed by atoms with E-state index in [0.717, 1.165) is 18.0 Å². The fraction of sp³-hybridized carbons (Fsp3) is 1.00. The molecule has 0 radical (unpaired) electrons. The highest BCUT2D eigenvalue weighted by Crippen LogP contribution is 2.27. The number of hydrogen-bond acceptors (Lipinski definition) is 3. The Hall–Kier alpha value is -0.120. The lowest BCUT2D eigenvalue weighted by molar-refractivity contribution is 0.0122. The van der Waals surface area contributed by atoms with Crippen LogP contribution in [0.25, 0.3) is 0 Å². The highest BCUT2D eigenvalue weighted by molar-refractivity contribution is 4.90. The maximum absolute atomic E-state index is 3.81. The average Bonchev–Trinajstić information content (AvgIpc) is 2.91. The third-order valence-corrected chi connectivity index (χ3v) is 5.17. The van der Waals surface area contributed by atoms with Crippen LogP contribution in [0.5, 0.6) is 0 Å². The van der Waals surface area contributed by atoms with Crippen molar-refractivity contribution in [3.05, 3.63) is 0 Å². The summed E-state index contributed by atoms with van der Waals surface area (Å²) in [5, 5.41) is 3.81. The first-order valence-corrected chi connectivity index (χ1v) is 7.53. The summed E-state index contributed by atoms with van der Waals surface area (Å²) in [6.45, 7) is 10.1. The Kier molecular flexibility index (Phi) is 3.69. The molecular weight excluding hydrogens is 210 g/mol. The van der Waals surface area contributed by atoms with E-state index in [1.54, 1.807) is 0 Å². The molecule has 0 aromatic rings. The molecule has 0 amide bonds. The van der Waals surface area contributed by atoms with Crippen molar-refractivity contribution in [1.82, 2.24) is 15.1 Å². The van der Waals surface area contributed by atoms with E-state index in [9.17, 15) is 0 Å². The summed E-state index contributed by atoms with van der Waals surface area (Å²) in [6, 6.07) is 1.51. The molecule has 3 saturated heterocycles. The lowest BCUT2D eigenvalue weighted by Gasteiger charge is -2.48. The molecule has 2 atom stereocenters. The largest absolute Gasteiger partial charge is 0.312 e. The zero-order valence-electron chi connectivity index (χ0n) is 11.2. The average molecular weight is 237 g/mol. The predicted octanol–water partition coefficient (Wildman–Crippen LogP) is 1.15. The molecule has 3 nitrogen and oxygen atoms in total. The van der Waals surface area contributed by atoms with Gasteiger partial charge in [0.15, 0.2) is 0 Å². The minimum absolute atomic E-state index is 0.731. The number of piperazine rings is 3. The molecular formula is C14H27N3. The summed E-state index contributed by atoms with van der Waals surface area (Å²) in [5.74, 6) is 0.950. The van der Waals surface area contributed by atoms with E-state index in [4.69, 9.17) is 0 Å². The Morgan fingerprint density at radius 1 is 1.12 bits per heavy atom. The smallest absolute Gasteiger partial charge is 0.0349 e. The maximum Gasteiger partial charge on any atom is 0.0349 e. The molecule has 0 spiro atoms. The topological polar surface area (TPSA) is 18.5 Å². The van der Waals surface area contributed by atoms with E-state index in [-0.39, 0.29) is 0 Å². The summed E-state index contributed by atoms with van der Waals surface area (Å²) < 4.78 is 0. The quantitative estimate of drug-likeness (QED) is 0.791. The van der Waals surface area contributed by atoms with Crippen LogP contribution in [0.4, 0.5) is 0 Å². The summed E-state index contributed by atoms with van der Waals surface area (Å²) in [5.41, 5.74) is 0. The van der Waals surface area contributed by atoms with Crippen molar-refractivity contribution in [1.29, 1.82) is 0 Å². The van der Waals surface area contributed by atoms with Crippen LogP contribution in [0, 0.1) is 5.92 Å². The summed E-state index contributed by atoms with van der Waals surface area (Å²) >= 11 is 0. The summed E-state index contributed by atoms with van der Waals surface area (Å²) in [7, 11) is 0. The second-order valence-corrected chi connectivity index (χ2v) is 6.23. The molecule has 1 saturated carbocycles. The van der Waals surface area contributed by atoms with Gasteiger partial charge in [-0.15, -0.1) is 0 Å². The van der Waals surface area contributed by atoms with Gasteiger partial charge in [-0.05, 0) is 25.7 Å². The monoisotopic (exact) mass is 237 g/mol. The molecule has 0 aromatic heterocycles. The Labute approximate surface area is 106 Å². The van der Waals surface area contributed by atoms with E-state index in [0.29, 0.717) is 0 Å². The van der Waals surface area contributed by atoms with E-state index in [1.165, 1.54) is 65.0 Å². The number of nitrogens with zero attached hydrogens (tertiary/aromatic N) is 2. The Bertz CT molecular complexity index is 242. The Morgan fingerprint density at radius 2 is 1.82 bits per heavy atom. The van der Waals surface area contributed by atoms with Crippen molar-refractivity contribution < 1.29 is 0 Å². The highest BCUT2D eigenvalue weighted by Gasteiger charge is 2.32.